The molecule has 3 N–H and O–H groups in total. The van der Waals surface area contributed by atoms with Crippen molar-refractivity contribution in [2.24, 2.45) is 5.92 Å². The Morgan fingerprint density at radius 2 is 1.89 bits per heavy atom. The molecule has 27 heavy (non-hydrogen) atoms. The number of nitro groups is 1. The van der Waals surface area contributed by atoms with Gasteiger partial charge in [-0.1, -0.05) is 37.3 Å². The van der Waals surface area contributed by atoms with Gasteiger partial charge in [0.2, 0.25) is 0 Å². The number of carbonyl (C=O) groups excluding carboxylic acids is 1. The Labute approximate surface area is 156 Å². The SMILES string of the molecule is CC(CNC(=O)c1ccc(NCc2ccccc2)c([N+](=O)[O-])c1)CC(=O)O. The van der Waals surface area contributed by atoms with Crippen LogP contribution in [0.1, 0.15) is 29.3 Å². The van der Waals surface area contributed by atoms with Gasteiger partial charge in [-0.3, -0.25) is 19.7 Å². The first-order valence-corrected chi connectivity index (χ1v) is 8.43. The minimum Gasteiger partial charge on any atom is -0.481 e. The van der Waals surface area contributed by atoms with Crippen LogP contribution >= 0.6 is 0 Å². The second-order valence-corrected chi connectivity index (χ2v) is 6.24. The van der Waals surface area contributed by atoms with Crippen molar-refractivity contribution in [3.05, 3.63) is 69.8 Å². The van der Waals surface area contributed by atoms with Crippen molar-refractivity contribution in [1.82, 2.24) is 5.32 Å². The number of nitro benzene ring substituents is 1. The number of carboxylic acids is 1. The summed E-state index contributed by atoms with van der Waals surface area (Å²) in [6.07, 6.45) is -0.0667. The Balaban J connectivity index is 2.06. The molecule has 1 atom stereocenters. The number of hydrogen-bond acceptors (Lipinski definition) is 5. The van der Waals surface area contributed by atoms with Gasteiger partial charge in [0.15, 0.2) is 0 Å². The quantitative estimate of drug-likeness (QED) is 0.460. The molecule has 1 unspecified atom stereocenters. The van der Waals surface area contributed by atoms with E-state index in [1.807, 2.05) is 30.3 Å². The van der Waals surface area contributed by atoms with Crippen LogP contribution in [-0.2, 0) is 11.3 Å². The Morgan fingerprint density at radius 3 is 2.52 bits per heavy atom. The van der Waals surface area contributed by atoms with E-state index in [0.717, 1.165) is 5.56 Å². The van der Waals surface area contributed by atoms with Crippen LogP contribution < -0.4 is 10.6 Å². The topological polar surface area (TPSA) is 122 Å². The number of rotatable bonds is 9. The van der Waals surface area contributed by atoms with Gasteiger partial charge in [-0.05, 0) is 23.6 Å². The third-order valence-corrected chi connectivity index (χ3v) is 3.92. The summed E-state index contributed by atoms with van der Waals surface area (Å²) in [4.78, 5) is 33.7. The lowest BCUT2D eigenvalue weighted by molar-refractivity contribution is -0.384. The number of aliphatic carboxylic acids is 1. The lowest BCUT2D eigenvalue weighted by atomic mass is 10.1. The lowest BCUT2D eigenvalue weighted by Gasteiger charge is -2.11. The van der Waals surface area contributed by atoms with Crippen LogP contribution in [0.25, 0.3) is 0 Å². The van der Waals surface area contributed by atoms with E-state index >= 15 is 0 Å². The number of nitrogens with zero attached hydrogens (tertiary/aromatic N) is 1. The van der Waals surface area contributed by atoms with Crippen LogP contribution in [0.15, 0.2) is 48.5 Å². The van der Waals surface area contributed by atoms with E-state index in [1.54, 1.807) is 6.92 Å². The highest BCUT2D eigenvalue weighted by atomic mass is 16.6. The summed E-state index contributed by atoms with van der Waals surface area (Å²) in [5.74, 6) is -1.67. The minimum atomic E-state index is -0.943. The number of carbonyl (C=O) groups is 2. The van der Waals surface area contributed by atoms with Crippen molar-refractivity contribution in [1.29, 1.82) is 0 Å². The maximum absolute atomic E-state index is 12.2. The van der Waals surface area contributed by atoms with Gasteiger partial charge in [0, 0.05) is 31.1 Å². The molecular formula is C19H21N3O5. The van der Waals surface area contributed by atoms with Crippen molar-refractivity contribution >= 4 is 23.3 Å². The zero-order chi connectivity index (χ0) is 19.8. The highest BCUT2D eigenvalue weighted by Gasteiger charge is 2.18. The molecule has 8 nitrogen and oxygen atoms in total. The summed E-state index contributed by atoms with van der Waals surface area (Å²) in [6, 6.07) is 13.7. The van der Waals surface area contributed by atoms with Gasteiger partial charge in [0.05, 0.1) is 4.92 Å². The van der Waals surface area contributed by atoms with Crippen LogP contribution in [0.2, 0.25) is 0 Å². The van der Waals surface area contributed by atoms with Crippen LogP contribution in [0, 0.1) is 16.0 Å². The van der Waals surface area contributed by atoms with Crippen molar-refractivity contribution in [3.8, 4) is 0 Å². The molecule has 0 saturated heterocycles. The smallest absolute Gasteiger partial charge is 0.303 e. The first kappa shape index (κ1) is 19.9. The molecule has 0 radical (unpaired) electrons. The average Bonchev–Trinajstić information content (AvgIpc) is 2.64. The van der Waals surface area contributed by atoms with Crippen LogP contribution in [0.4, 0.5) is 11.4 Å². The number of anilines is 1. The fourth-order valence-corrected chi connectivity index (χ4v) is 2.51. The zero-order valence-corrected chi connectivity index (χ0v) is 14.8. The highest BCUT2D eigenvalue weighted by molar-refractivity contribution is 5.95. The molecule has 2 rings (SSSR count). The lowest BCUT2D eigenvalue weighted by Crippen LogP contribution is -2.29. The van der Waals surface area contributed by atoms with Crippen molar-refractivity contribution in [2.75, 3.05) is 11.9 Å². The normalized spacial score (nSPS) is 11.4. The first-order chi connectivity index (χ1) is 12.9. The standard InChI is InChI=1S/C19H21N3O5/c1-13(9-18(23)24)11-21-19(25)15-7-8-16(17(10-15)22(26)27)20-12-14-5-3-2-4-6-14/h2-8,10,13,20H,9,11-12H2,1H3,(H,21,25)(H,23,24). The molecule has 0 aromatic heterocycles. The number of amides is 1. The Kier molecular flexibility index (Phi) is 6.87. The molecule has 0 spiro atoms. The van der Waals surface area contributed by atoms with Crippen molar-refractivity contribution in [2.45, 2.75) is 19.9 Å². The van der Waals surface area contributed by atoms with Crippen LogP contribution in [-0.4, -0.2) is 28.5 Å². The summed E-state index contributed by atoms with van der Waals surface area (Å²) in [7, 11) is 0. The maximum Gasteiger partial charge on any atom is 0.303 e. The Bertz CT molecular complexity index is 823. The van der Waals surface area contributed by atoms with Crippen molar-refractivity contribution < 1.29 is 19.6 Å². The molecule has 0 aliphatic heterocycles. The Hall–Kier alpha value is -3.42. The van der Waals surface area contributed by atoms with Gasteiger partial charge in [0.1, 0.15) is 5.69 Å². The molecule has 2 aromatic carbocycles. The van der Waals surface area contributed by atoms with E-state index in [-0.39, 0.29) is 30.1 Å². The van der Waals surface area contributed by atoms with Gasteiger partial charge in [0.25, 0.3) is 11.6 Å². The third kappa shape index (κ3) is 6.10. The molecule has 0 bridgehead atoms. The predicted octanol–water partition coefficient (Wildman–Crippen LogP) is 3.05. The summed E-state index contributed by atoms with van der Waals surface area (Å²) < 4.78 is 0. The predicted molar refractivity (Wildman–Crippen MR) is 101 cm³/mol. The van der Waals surface area contributed by atoms with Gasteiger partial charge in [-0.2, -0.15) is 0 Å². The molecule has 0 heterocycles. The van der Waals surface area contributed by atoms with Crippen molar-refractivity contribution in [3.63, 3.8) is 0 Å². The van der Waals surface area contributed by atoms with Crippen LogP contribution in [0.3, 0.4) is 0 Å². The molecule has 0 aliphatic carbocycles. The number of benzene rings is 2. The van der Waals surface area contributed by atoms with E-state index in [2.05, 4.69) is 10.6 Å². The molecule has 8 heteroatoms. The maximum atomic E-state index is 12.2. The average molecular weight is 371 g/mol. The Morgan fingerprint density at radius 1 is 1.19 bits per heavy atom. The fraction of sp³-hybridized carbons (Fsp3) is 0.263. The summed E-state index contributed by atoms with van der Waals surface area (Å²) in [5, 5.41) is 25.7. The summed E-state index contributed by atoms with van der Waals surface area (Å²) in [6.45, 7) is 2.29. The molecule has 142 valence electrons. The van der Waals surface area contributed by atoms with Gasteiger partial charge >= 0.3 is 5.97 Å². The highest BCUT2D eigenvalue weighted by Crippen LogP contribution is 2.26. The zero-order valence-electron chi connectivity index (χ0n) is 14.8. The van der Waals surface area contributed by atoms with E-state index in [4.69, 9.17) is 5.11 Å². The van der Waals surface area contributed by atoms with Gasteiger partial charge in [-0.15, -0.1) is 0 Å². The van der Waals surface area contributed by atoms with Gasteiger partial charge in [-0.25, -0.2) is 0 Å². The molecule has 0 aliphatic rings. The van der Waals surface area contributed by atoms with E-state index in [1.165, 1.54) is 18.2 Å². The fourth-order valence-electron chi connectivity index (χ4n) is 2.51. The monoisotopic (exact) mass is 371 g/mol. The summed E-state index contributed by atoms with van der Waals surface area (Å²) in [5.41, 5.74) is 1.24. The van der Waals surface area contributed by atoms with E-state index in [9.17, 15) is 19.7 Å². The first-order valence-electron chi connectivity index (χ1n) is 8.43. The molecule has 2 aromatic rings. The molecular weight excluding hydrogens is 350 g/mol. The number of hydrogen-bond donors (Lipinski definition) is 3. The number of nitrogens with one attached hydrogen (secondary N) is 2. The molecule has 0 fully saturated rings. The van der Waals surface area contributed by atoms with E-state index < -0.39 is 16.8 Å². The second-order valence-electron chi connectivity index (χ2n) is 6.24. The number of carboxylic acid groups (broad SMARTS) is 1. The van der Waals surface area contributed by atoms with Crippen LogP contribution in [0.5, 0.6) is 0 Å². The largest absolute Gasteiger partial charge is 0.481 e. The van der Waals surface area contributed by atoms with E-state index in [0.29, 0.717) is 12.2 Å². The minimum absolute atomic E-state index is 0.0667. The third-order valence-electron chi connectivity index (χ3n) is 3.92. The second kappa shape index (κ2) is 9.33. The summed E-state index contributed by atoms with van der Waals surface area (Å²) >= 11 is 0. The van der Waals surface area contributed by atoms with Gasteiger partial charge < -0.3 is 15.7 Å². The molecule has 0 saturated carbocycles. The molecule has 1 amide bonds.